The summed E-state index contributed by atoms with van der Waals surface area (Å²) < 4.78 is 7.52. The van der Waals surface area contributed by atoms with Crippen molar-refractivity contribution in [3.8, 4) is 11.6 Å². The molecule has 1 N–H and O–H groups in total. The zero-order valence-corrected chi connectivity index (χ0v) is 19.6. The number of aromatic nitrogens is 4. The first-order valence-electron chi connectivity index (χ1n) is 11.1. The molecule has 3 heterocycles. The molecule has 0 saturated carbocycles. The minimum absolute atomic E-state index is 0.0782. The van der Waals surface area contributed by atoms with Crippen LogP contribution in [-0.2, 0) is 24.3 Å². The van der Waals surface area contributed by atoms with Gasteiger partial charge in [-0.3, -0.25) is 9.48 Å². The van der Waals surface area contributed by atoms with Crippen molar-refractivity contribution in [2.75, 3.05) is 0 Å². The van der Waals surface area contributed by atoms with Crippen molar-refractivity contribution in [2.45, 2.75) is 46.2 Å². The highest BCUT2D eigenvalue weighted by Gasteiger charge is 2.19. The number of nitrogens with zero attached hydrogens (tertiary/aromatic N) is 4. The van der Waals surface area contributed by atoms with Crippen LogP contribution in [0.3, 0.4) is 0 Å². The Morgan fingerprint density at radius 3 is 2.91 bits per heavy atom. The van der Waals surface area contributed by atoms with Gasteiger partial charge < -0.3 is 9.84 Å². The summed E-state index contributed by atoms with van der Waals surface area (Å²) in [5.74, 6) is 0.755. The van der Waals surface area contributed by atoms with Crippen molar-refractivity contribution < 1.29 is 9.32 Å². The molecule has 3 aromatic heterocycles. The summed E-state index contributed by atoms with van der Waals surface area (Å²) in [5, 5.41) is 14.8. The molecule has 0 aliphatic carbocycles. The van der Waals surface area contributed by atoms with Crippen LogP contribution >= 0.6 is 11.3 Å². The van der Waals surface area contributed by atoms with Crippen LogP contribution in [0.2, 0.25) is 0 Å². The first-order chi connectivity index (χ1) is 16.2. The Hall–Kier alpha value is -3.52. The van der Waals surface area contributed by atoms with Crippen LogP contribution in [0.15, 0.2) is 70.1 Å². The van der Waals surface area contributed by atoms with E-state index in [-0.39, 0.29) is 12.5 Å². The lowest BCUT2D eigenvalue weighted by Crippen LogP contribution is -2.23. The Labute approximate surface area is 196 Å². The Morgan fingerprint density at radius 2 is 2.12 bits per heavy atom. The highest BCUT2D eigenvalue weighted by molar-refractivity contribution is 7.09. The standard InChI is InChI=1S/C25H27N5O2S/c1-3-8-18(9-4-2)16-23(31)26-17-22-27-25(32-29-22)24-20-11-5-6-12-21(20)28-30(24)14-13-19-10-7-15-33-19/h3,5-12,15H,4,13-14,16-17H2,1-2H3,(H,26,31). The zero-order chi connectivity index (χ0) is 23.0. The van der Waals surface area contributed by atoms with Gasteiger partial charge in [-0.2, -0.15) is 10.1 Å². The summed E-state index contributed by atoms with van der Waals surface area (Å²) in [4.78, 5) is 18.2. The van der Waals surface area contributed by atoms with E-state index in [1.54, 1.807) is 11.3 Å². The monoisotopic (exact) mass is 461 g/mol. The number of allylic oxidation sites excluding steroid dienone is 3. The van der Waals surface area contributed by atoms with Crippen molar-refractivity contribution in [1.29, 1.82) is 0 Å². The van der Waals surface area contributed by atoms with Gasteiger partial charge in [-0.25, -0.2) is 0 Å². The molecule has 0 atom stereocenters. The normalized spacial score (nSPS) is 12.1. The number of hydrogen-bond acceptors (Lipinski definition) is 6. The first-order valence-corrected chi connectivity index (χ1v) is 11.9. The third-order valence-corrected chi connectivity index (χ3v) is 6.06. The quantitative estimate of drug-likeness (QED) is 0.324. The summed E-state index contributed by atoms with van der Waals surface area (Å²) in [5.41, 5.74) is 2.67. The van der Waals surface area contributed by atoms with Crippen LogP contribution in [0.5, 0.6) is 0 Å². The van der Waals surface area contributed by atoms with Crippen molar-refractivity contribution in [3.05, 3.63) is 76.3 Å². The van der Waals surface area contributed by atoms with Gasteiger partial charge in [0.2, 0.25) is 5.91 Å². The van der Waals surface area contributed by atoms with E-state index >= 15 is 0 Å². The predicted octanol–water partition coefficient (Wildman–Crippen LogP) is 5.31. The Kier molecular flexibility index (Phi) is 7.47. The summed E-state index contributed by atoms with van der Waals surface area (Å²) in [6.07, 6.45) is 8.02. The zero-order valence-electron chi connectivity index (χ0n) is 18.8. The van der Waals surface area contributed by atoms with Gasteiger partial charge in [0.15, 0.2) is 5.82 Å². The van der Waals surface area contributed by atoms with Crippen LogP contribution in [0, 0.1) is 0 Å². The molecular weight excluding hydrogens is 434 g/mol. The van der Waals surface area contributed by atoms with E-state index in [4.69, 9.17) is 9.62 Å². The molecule has 0 saturated heterocycles. The van der Waals surface area contributed by atoms with E-state index in [9.17, 15) is 4.79 Å². The van der Waals surface area contributed by atoms with E-state index in [2.05, 4.69) is 46.0 Å². The molecule has 7 nitrogen and oxygen atoms in total. The smallest absolute Gasteiger partial charge is 0.276 e. The second kappa shape index (κ2) is 10.9. The van der Waals surface area contributed by atoms with Gasteiger partial charge in [-0.15, -0.1) is 11.3 Å². The second-order valence-electron chi connectivity index (χ2n) is 7.57. The van der Waals surface area contributed by atoms with E-state index < -0.39 is 0 Å². The maximum absolute atomic E-state index is 12.4. The average Bonchev–Trinajstić information content (AvgIpc) is 3.56. The number of carbonyl (C=O) groups is 1. The van der Waals surface area contributed by atoms with Gasteiger partial charge in [-0.05, 0) is 36.4 Å². The topological polar surface area (TPSA) is 85.8 Å². The largest absolute Gasteiger partial charge is 0.348 e. The summed E-state index contributed by atoms with van der Waals surface area (Å²) in [7, 11) is 0. The van der Waals surface area contributed by atoms with Crippen LogP contribution < -0.4 is 5.32 Å². The summed E-state index contributed by atoms with van der Waals surface area (Å²) >= 11 is 1.73. The van der Waals surface area contributed by atoms with Crippen molar-refractivity contribution in [2.24, 2.45) is 0 Å². The van der Waals surface area contributed by atoms with Crippen LogP contribution in [-0.4, -0.2) is 25.8 Å². The highest BCUT2D eigenvalue weighted by Crippen LogP contribution is 2.28. The molecule has 0 fully saturated rings. The molecular formula is C25H27N5O2S. The maximum atomic E-state index is 12.4. The molecule has 0 aliphatic rings. The van der Waals surface area contributed by atoms with Gasteiger partial charge in [0.1, 0.15) is 5.69 Å². The minimum Gasteiger partial charge on any atom is -0.348 e. The Bertz CT molecular complexity index is 1270. The van der Waals surface area contributed by atoms with Crippen LogP contribution in [0.25, 0.3) is 22.5 Å². The van der Waals surface area contributed by atoms with Crippen LogP contribution in [0.1, 0.15) is 37.4 Å². The fourth-order valence-corrected chi connectivity index (χ4v) is 4.36. The number of aryl methyl sites for hydroxylation is 2. The SMILES string of the molecule is CC=CC(=CCC)CC(=O)NCc1noc(-c2c3ccccc3nn2CCc2cccs2)n1. The number of carbonyl (C=O) groups excluding carboxylic acids is 1. The molecule has 1 aromatic carbocycles. The number of benzene rings is 1. The van der Waals surface area contributed by atoms with Crippen molar-refractivity contribution in [3.63, 3.8) is 0 Å². The van der Waals surface area contributed by atoms with E-state index in [1.165, 1.54) is 4.88 Å². The van der Waals surface area contributed by atoms with Crippen molar-refractivity contribution >= 4 is 28.1 Å². The molecule has 4 rings (SSSR count). The number of fused-ring (bicyclic) bond motifs is 1. The van der Waals surface area contributed by atoms with E-state index in [1.807, 2.05) is 48.0 Å². The van der Waals surface area contributed by atoms with Gasteiger partial charge >= 0.3 is 0 Å². The summed E-state index contributed by atoms with van der Waals surface area (Å²) in [6, 6.07) is 12.1. The fourth-order valence-electron chi connectivity index (χ4n) is 3.66. The predicted molar refractivity (Wildman–Crippen MR) is 131 cm³/mol. The lowest BCUT2D eigenvalue weighted by atomic mass is 10.1. The third kappa shape index (κ3) is 5.64. The molecule has 0 spiro atoms. The molecule has 0 aliphatic heterocycles. The molecule has 33 heavy (non-hydrogen) atoms. The van der Waals surface area contributed by atoms with Crippen LogP contribution in [0.4, 0.5) is 0 Å². The minimum atomic E-state index is -0.0782. The molecule has 8 heteroatoms. The molecule has 170 valence electrons. The number of nitrogens with one attached hydrogen (secondary N) is 1. The maximum Gasteiger partial charge on any atom is 0.276 e. The lowest BCUT2D eigenvalue weighted by molar-refractivity contribution is -0.120. The molecule has 0 unspecified atom stereocenters. The van der Waals surface area contributed by atoms with Crippen molar-refractivity contribution in [1.82, 2.24) is 25.2 Å². The van der Waals surface area contributed by atoms with E-state index in [0.717, 1.165) is 35.0 Å². The second-order valence-corrected chi connectivity index (χ2v) is 8.61. The Balaban J connectivity index is 1.49. The number of rotatable bonds is 10. The highest BCUT2D eigenvalue weighted by atomic mass is 32.1. The average molecular weight is 462 g/mol. The van der Waals surface area contributed by atoms with Gasteiger partial charge in [0.05, 0.1) is 18.5 Å². The fraction of sp³-hybridized carbons (Fsp3) is 0.280. The number of thiophene rings is 1. The molecule has 4 aromatic rings. The van der Waals surface area contributed by atoms with E-state index in [0.29, 0.717) is 24.7 Å². The summed E-state index contributed by atoms with van der Waals surface area (Å²) in [6.45, 7) is 4.91. The molecule has 1 amide bonds. The molecule has 0 bridgehead atoms. The number of amides is 1. The first kappa shape index (κ1) is 22.7. The van der Waals surface area contributed by atoms with Gasteiger partial charge in [0, 0.05) is 23.2 Å². The third-order valence-electron chi connectivity index (χ3n) is 5.12. The lowest BCUT2D eigenvalue weighted by Gasteiger charge is -2.04. The molecule has 0 radical (unpaired) electrons. The van der Waals surface area contributed by atoms with Gasteiger partial charge in [0.25, 0.3) is 5.89 Å². The Morgan fingerprint density at radius 1 is 1.24 bits per heavy atom. The number of hydrogen-bond donors (Lipinski definition) is 1. The van der Waals surface area contributed by atoms with Gasteiger partial charge in [-0.1, -0.05) is 54.6 Å².